The Morgan fingerprint density at radius 3 is 2.79 bits per heavy atom. The van der Waals surface area contributed by atoms with Gasteiger partial charge in [-0.05, 0) is 33.6 Å². The number of hydrogen-bond acceptors (Lipinski definition) is 3. The first kappa shape index (κ1) is 14.1. The molecular formula is C14H24N4O. The molecule has 1 amide bonds. The zero-order chi connectivity index (χ0) is 14.0. The molecule has 1 aromatic rings. The third kappa shape index (κ3) is 4.06. The minimum absolute atomic E-state index is 0.0472. The van der Waals surface area contributed by atoms with Gasteiger partial charge in [-0.1, -0.05) is 0 Å². The summed E-state index contributed by atoms with van der Waals surface area (Å²) in [6, 6.07) is 0.465. The summed E-state index contributed by atoms with van der Waals surface area (Å²) >= 11 is 0. The highest BCUT2D eigenvalue weighted by molar-refractivity contribution is 5.76. The van der Waals surface area contributed by atoms with Crippen molar-refractivity contribution >= 4 is 5.91 Å². The van der Waals surface area contributed by atoms with Gasteiger partial charge in [0.2, 0.25) is 5.91 Å². The molecule has 2 rings (SSSR count). The molecule has 0 radical (unpaired) electrons. The summed E-state index contributed by atoms with van der Waals surface area (Å²) in [6.45, 7) is 7.41. The summed E-state index contributed by atoms with van der Waals surface area (Å²) in [5.74, 6) is 1.07. The van der Waals surface area contributed by atoms with Gasteiger partial charge in [0.15, 0.2) is 0 Å². The highest BCUT2D eigenvalue weighted by Gasteiger charge is 2.29. The Hall–Kier alpha value is -1.36. The molecule has 106 valence electrons. The molecule has 0 aliphatic heterocycles. The fraction of sp³-hybridized carbons (Fsp3) is 0.714. The van der Waals surface area contributed by atoms with Crippen LogP contribution in [0.4, 0.5) is 0 Å². The highest BCUT2D eigenvalue weighted by atomic mass is 16.2. The third-order valence-corrected chi connectivity index (χ3v) is 3.37. The maximum absolute atomic E-state index is 12.1. The summed E-state index contributed by atoms with van der Waals surface area (Å²) in [5, 5.41) is 3.39. The first-order valence-electron chi connectivity index (χ1n) is 6.87. The topological polar surface area (TPSA) is 50.2 Å². The lowest BCUT2D eigenvalue weighted by atomic mass is 10.1. The van der Waals surface area contributed by atoms with Gasteiger partial charge in [-0.3, -0.25) is 4.79 Å². The number of amides is 1. The number of carbonyl (C=O) groups excluding carboxylic acids is 1. The van der Waals surface area contributed by atoms with E-state index in [0.717, 1.165) is 18.7 Å². The van der Waals surface area contributed by atoms with Crippen molar-refractivity contribution in [2.45, 2.75) is 58.3 Å². The number of rotatable bonds is 5. The van der Waals surface area contributed by atoms with Crippen LogP contribution in [0.3, 0.4) is 0 Å². The van der Waals surface area contributed by atoms with E-state index >= 15 is 0 Å². The van der Waals surface area contributed by atoms with E-state index in [4.69, 9.17) is 0 Å². The van der Waals surface area contributed by atoms with Gasteiger partial charge in [0.1, 0.15) is 12.4 Å². The lowest BCUT2D eigenvalue weighted by molar-refractivity contribution is -0.131. The average Bonchev–Trinajstić information content (AvgIpc) is 3.07. The second-order valence-electron chi connectivity index (χ2n) is 6.31. The van der Waals surface area contributed by atoms with Crippen LogP contribution in [0.15, 0.2) is 12.4 Å². The van der Waals surface area contributed by atoms with Crippen molar-refractivity contribution in [1.82, 2.24) is 19.8 Å². The normalized spacial score (nSPS) is 15.6. The van der Waals surface area contributed by atoms with Crippen molar-refractivity contribution in [1.29, 1.82) is 0 Å². The molecule has 5 heteroatoms. The standard InChI is InChI=1S/C14H24N4O/c1-14(2,3)16-9-12-15-7-8-18(12)10-13(19)17(4)11-5-6-11/h7-8,11,16H,5-6,9-10H2,1-4H3. The van der Waals surface area contributed by atoms with Gasteiger partial charge < -0.3 is 14.8 Å². The zero-order valence-corrected chi connectivity index (χ0v) is 12.3. The van der Waals surface area contributed by atoms with Crippen LogP contribution in [-0.4, -0.2) is 39.0 Å². The molecule has 1 N–H and O–H groups in total. The van der Waals surface area contributed by atoms with Crippen molar-refractivity contribution in [3.63, 3.8) is 0 Å². The molecule has 0 saturated heterocycles. The fourth-order valence-corrected chi connectivity index (χ4v) is 1.92. The minimum atomic E-state index is 0.0472. The van der Waals surface area contributed by atoms with Crippen molar-refractivity contribution in [2.75, 3.05) is 7.05 Å². The van der Waals surface area contributed by atoms with Gasteiger partial charge in [0.05, 0.1) is 6.54 Å². The SMILES string of the molecule is CN(C(=O)Cn1ccnc1CNC(C)(C)C)C1CC1. The van der Waals surface area contributed by atoms with E-state index in [1.165, 1.54) is 0 Å². The van der Waals surface area contributed by atoms with E-state index in [9.17, 15) is 4.79 Å². The molecule has 0 bridgehead atoms. The van der Waals surface area contributed by atoms with Crippen molar-refractivity contribution in [3.05, 3.63) is 18.2 Å². The van der Waals surface area contributed by atoms with Crippen molar-refractivity contribution in [2.24, 2.45) is 0 Å². The van der Waals surface area contributed by atoms with E-state index in [1.807, 2.05) is 22.7 Å². The molecule has 0 atom stereocenters. The molecular weight excluding hydrogens is 240 g/mol. The van der Waals surface area contributed by atoms with Crippen LogP contribution in [0.25, 0.3) is 0 Å². The van der Waals surface area contributed by atoms with E-state index in [0.29, 0.717) is 19.1 Å². The maximum Gasteiger partial charge on any atom is 0.242 e. The van der Waals surface area contributed by atoms with Gasteiger partial charge in [-0.15, -0.1) is 0 Å². The molecule has 0 spiro atoms. The predicted molar refractivity (Wildman–Crippen MR) is 74.6 cm³/mol. The molecule has 1 saturated carbocycles. The van der Waals surface area contributed by atoms with Gasteiger partial charge in [-0.25, -0.2) is 4.98 Å². The second kappa shape index (κ2) is 5.33. The zero-order valence-electron chi connectivity index (χ0n) is 12.3. The number of nitrogens with zero attached hydrogens (tertiary/aromatic N) is 3. The van der Waals surface area contributed by atoms with Crippen LogP contribution in [0, 0.1) is 0 Å². The number of aromatic nitrogens is 2. The summed E-state index contributed by atoms with van der Waals surface area (Å²) in [6.07, 6.45) is 5.91. The first-order chi connectivity index (χ1) is 8.87. The van der Waals surface area contributed by atoms with Crippen LogP contribution in [0.5, 0.6) is 0 Å². The fourth-order valence-electron chi connectivity index (χ4n) is 1.92. The van der Waals surface area contributed by atoms with Gasteiger partial charge in [0.25, 0.3) is 0 Å². The van der Waals surface area contributed by atoms with E-state index < -0.39 is 0 Å². The Labute approximate surface area is 115 Å². The molecule has 0 aromatic carbocycles. The number of likely N-dealkylation sites (N-methyl/N-ethyl adjacent to an activating group) is 1. The molecule has 1 aliphatic rings. The molecule has 0 unspecified atom stereocenters. The Bertz CT molecular complexity index is 443. The lowest BCUT2D eigenvalue weighted by Gasteiger charge is -2.21. The molecule has 5 nitrogen and oxygen atoms in total. The minimum Gasteiger partial charge on any atom is -0.341 e. The Morgan fingerprint density at radius 1 is 1.53 bits per heavy atom. The quantitative estimate of drug-likeness (QED) is 0.874. The molecule has 1 aromatic heterocycles. The molecule has 1 aliphatic carbocycles. The van der Waals surface area contributed by atoms with Crippen LogP contribution < -0.4 is 5.32 Å². The summed E-state index contributed by atoms with van der Waals surface area (Å²) < 4.78 is 1.93. The van der Waals surface area contributed by atoms with E-state index in [-0.39, 0.29) is 11.4 Å². The largest absolute Gasteiger partial charge is 0.341 e. The highest BCUT2D eigenvalue weighted by Crippen LogP contribution is 2.25. The van der Waals surface area contributed by atoms with Crippen LogP contribution in [0.2, 0.25) is 0 Å². The number of nitrogens with one attached hydrogen (secondary N) is 1. The molecule has 19 heavy (non-hydrogen) atoms. The second-order valence-corrected chi connectivity index (χ2v) is 6.31. The van der Waals surface area contributed by atoms with Gasteiger partial charge in [0, 0.05) is 31.0 Å². The molecule has 1 heterocycles. The van der Waals surface area contributed by atoms with E-state index in [1.54, 1.807) is 6.20 Å². The monoisotopic (exact) mass is 264 g/mol. The van der Waals surface area contributed by atoms with Crippen LogP contribution >= 0.6 is 0 Å². The Kier molecular flexibility index (Phi) is 3.94. The predicted octanol–water partition coefficient (Wildman–Crippen LogP) is 1.39. The summed E-state index contributed by atoms with van der Waals surface area (Å²) in [5.41, 5.74) is 0.0472. The van der Waals surface area contributed by atoms with Crippen molar-refractivity contribution in [3.8, 4) is 0 Å². The number of carbonyl (C=O) groups is 1. The first-order valence-corrected chi connectivity index (χ1v) is 6.87. The smallest absolute Gasteiger partial charge is 0.242 e. The Morgan fingerprint density at radius 2 is 2.21 bits per heavy atom. The maximum atomic E-state index is 12.1. The van der Waals surface area contributed by atoms with Crippen LogP contribution in [0.1, 0.15) is 39.4 Å². The van der Waals surface area contributed by atoms with Crippen LogP contribution in [-0.2, 0) is 17.9 Å². The van der Waals surface area contributed by atoms with Gasteiger partial charge >= 0.3 is 0 Å². The average molecular weight is 264 g/mol. The molecule has 1 fully saturated rings. The number of imidazole rings is 1. The number of hydrogen-bond donors (Lipinski definition) is 1. The summed E-state index contributed by atoms with van der Waals surface area (Å²) in [7, 11) is 1.89. The van der Waals surface area contributed by atoms with Gasteiger partial charge in [-0.2, -0.15) is 0 Å². The van der Waals surface area contributed by atoms with Crippen molar-refractivity contribution < 1.29 is 4.79 Å². The Balaban J connectivity index is 1.93. The third-order valence-electron chi connectivity index (χ3n) is 3.37. The van der Waals surface area contributed by atoms with E-state index in [2.05, 4.69) is 31.1 Å². The lowest BCUT2D eigenvalue weighted by Crippen LogP contribution is -2.37. The summed E-state index contributed by atoms with van der Waals surface area (Å²) in [4.78, 5) is 18.3.